The van der Waals surface area contributed by atoms with Gasteiger partial charge in [-0.2, -0.15) is 0 Å². The van der Waals surface area contributed by atoms with Gasteiger partial charge in [0.1, 0.15) is 0 Å². The highest BCUT2D eigenvalue weighted by molar-refractivity contribution is 5.52. The Morgan fingerprint density at radius 1 is 0.971 bits per heavy atom. The van der Waals surface area contributed by atoms with Crippen LogP contribution in [0.3, 0.4) is 0 Å². The molecular formula is C28H38N2O4. The summed E-state index contributed by atoms with van der Waals surface area (Å²) in [5, 5.41) is 14.7. The van der Waals surface area contributed by atoms with Crippen LogP contribution in [0.25, 0.3) is 0 Å². The Morgan fingerprint density at radius 3 is 2.47 bits per heavy atom. The standard InChI is InChI=1S/C28H38N2O4/c1-5-17-16-30-11-9-19-14-25(33-3)26(34-4)15-21(19)23(30)13-20(17)12-22-27-18(8-10-29-22)6-7-24(32-2)28(27)31/h6-7,14-15,17,20,22-23,29,31H,5,8-13,16H2,1-4H3. The maximum Gasteiger partial charge on any atom is 0.162 e. The smallest absolute Gasteiger partial charge is 0.162 e. The highest BCUT2D eigenvalue weighted by Crippen LogP contribution is 2.48. The third-order valence-electron chi connectivity index (χ3n) is 8.46. The molecule has 3 heterocycles. The van der Waals surface area contributed by atoms with Crippen LogP contribution in [0.4, 0.5) is 0 Å². The summed E-state index contributed by atoms with van der Waals surface area (Å²) in [6.45, 7) is 5.50. The molecule has 3 aliphatic rings. The summed E-state index contributed by atoms with van der Waals surface area (Å²) in [5.74, 6) is 3.73. The monoisotopic (exact) mass is 466 g/mol. The van der Waals surface area contributed by atoms with Gasteiger partial charge in [0.15, 0.2) is 23.0 Å². The van der Waals surface area contributed by atoms with E-state index in [1.54, 1.807) is 21.3 Å². The predicted molar refractivity (Wildman–Crippen MR) is 133 cm³/mol. The van der Waals surface area contributed by atoms with Crippen molar-refractivity contribution in [3.8, 4) is 23.0 Å². The van der Waals surface area contributed by atoms with Crippen molar-refractivity contribution in [2.45, 2.75) is 51.1 Å². The summed E-state index contributed by atoms with van der Waals surface area (Å²) in [4.78, 5) is 2.68. The van der Waals surface area contributed by atoms with E-state index in [0.717, 1.165) is 62.4 Å². The number of ether oxygens (including phenoxy) is 3. The average Bonchev–Trinajstić information content (AvgIpc) is 2.87. The number of benzene rings is 2. The summed E-state index contributed by atoms with van der Waals surface area (Å²) in [5.41, 5.74) is 5.06. The van der Waals surface area contributed by atoms with Crippen LogP contribution >= 0.6 is 0 Å². The highest BCUT2D eigenvalue weighted by Gasteiger charge is 2.40. The number of hydrogen-bond donors (Lipinski definition) is 2. The molecule has 3 aliphatic heterocycles. The number of nitrogens with one attached hydrogen (secondary N) is 1. The molecule has 1 fully saturated rings. The van der Waals surface area contributed by atoms with Crippen molar-refractivity contribution in [1.82, 2.24) is 10.2 Å². The Hall–Kier alpha value is -2.44. The van der Waals surface area contributed by atoms with Crippen molar-refractivity contribution in [2.24, 2.45) is 11.8 Å². The zero-order valence-corrected chi connectivity index (χ0v) is 20.9. The van der Waals surface area contributed by atoms with Gasteiger partial charge in [0.2, 0.25) is 0 Å². The molecule has 4 atom stereocenters. The summed E-state index contributed by atoms with van der Waals surface area (Å²) in [6, 6.07) is 8.95. The molecule has 0 aliphatic carbocycles. The Balaban J connectivity index is 1.44. The second-order valence-corrected chi connectivity index (χ2v) is 10.0. The molecule has 2 N–H and O–H groups in total. The van der Waals surface area contributed by atoms with Crippen LogP contribution < -0.4 is 19.5 Å². The van der Waals surface area contributed by atoms with Crippen molar-refractivity contribution in [1.29, 1.82) is 0 Å². The number of hydrogen-bond acceptors (Lipinski definition) is 6. The van der Waals surface area contributed by atoms with Crippen molar-refractivity contribution in [3.05, 3.63) is 46.5 Å². The maximum absolute atomic E-state index is 11.0. The van der Waals surface area contributed by atoms with Crippen LogP contribution in [-0.2, 0) is 12.8 Å². The fourth-order valence-electron chi connectivity index (χ4n) is 6.64. The van der Waals surface area contributed by atoms with Gasteiger partial charge >= 0.3 is 0 Å². The number of fused-ring (bicyclic) bond motifs is 4. The van der Waals surface area contributed by atoms with E-state index in [1.807, 2.05) is 6.07 Å². The third-order valence-corrected chi connectivity index (χ3v) is 8.46. The van der Waals surface area contributed by atoms with E-state index in [9.17, 15) is 5.11 Å². The molecule has 1 saturated heterocycles. The van der Waals surface area contributed by atoms with Crippen LogP contribution in [0.5, 0.6) is 23.0 Å². The molecular weight excluding hydrogens is 428 g/mol. The SMILES string of the molecule is CCC1CN2CCc3cc(OC)c(OC)cc3C2CC1CC1NCCc2ccc(OC)c(O)c21. The molecule has 2 aromatic carbocycles. The van der Waals surface area contributed by atoms with E-state index >= 15 is 0 Å². The van der Waals surface area contributed by atoms with E-state index in [1.165, 1.54) is 23.1 Å². The van der Waals surface area contributed by atoms with Crippen LogP contribution in [0, 0.1) is 11.8 Å². The lowest BCUT2D eigenvalue weighted by Gasteiger charge is -2.48. The number of phenols is 1. The molecule has 0 bridgehead atoms. The van der Waals surface area contributed by atoms with Crippen molar-refractivity contribution >= 4 is 0 Å². The Labute approximate surface area is 203 Å². The lowest BCUT2D eigenvalue weighted by molar-refractivity contribution is 0.0433. The van der Waals surface area contributed by atoms with Crippen LogP contribution in [0.15, 0.2) is 24.3 Å². The fraction of sp³-hybridized carbons (Fsp3) is 0.571. The quantitative estimate of drug-likeness (QED) is 0.647. The summed E-state index contributed by atoms with van der Waals surface area (Å²) in [6.07, 6.45) is 5.32. The van der Waals surface area contributed by atoms with Gasteiger partial charge in [-0.05, 0) is 79.0 Å². The van der Waals surface area contributed by atoms with Crippen LogP contribution in [-0.4, -0.2) is 51.0 Å². The minimum absolute atomic E-state index is 0.151. The number of methoxy groups -OCH3 is 3. The fourth-order valence-corrected chi connectivity index (χ4v) is 6.64. The van der Waals surface area contributed by atoms with Gasteiger partial charge in [0, 0.05) is 30.7 Å². The number of aromatic hydroxyl groups is 1. The summed E-state index contributed by atoms with van der Waals surface area (Å²) >= 11 is 0. The second kappa shape index (κ2) is 9.67. The average molecular weight is 467 g/mol. The molecule has 4 unspecified atom stereocenters. The minimum atomic E-state index is 0.151. The van der Waals surface area contributed by atoms with Gasteiger partial charge in [-0.3, -0.25) is 4.90 Å². The molecule has 184 valence electrons. The number of rotatable bonds is 6. The van der Waals surface area contributed by atoms with Gasteiger partial charge < -0.3 is 24.6 Å². The number of nitrogens with zero attached hydrogens (tertiary/aromatic N) is 1. The third kappa shape index (κ3) is 4.01. The van der Waals surface area contributed by atoms with Gasteiger partial charge in [-0.25, -0.2) is 0 Å². The van der Waals surface area contributed by atoms with Crippen molar-refractivity contribution in [2.75, 3.05) is 41.0 Å². The molecule has 0 aromatic heterocycles. The zero-order valence-electron chi connectivity index (χ0n) is 20.9. The van der Waals surface area contributed by atoms with Crippen LogP contribution in [0.1, 0.15) is 60.5 Å². The molecule has 6 nitrogen and oxygen atoms in total. The Morgan fingerprint density at radius 2 is 1.74 bits per heavy atom. The molecule has 5 rings (SSSR count). The molecule has 34 heavy (non-hydrogen) atoms. The van der Waals surface area contributed by atoms with E-state index in [-0.39, 0.29) is 6.04 Å². The molecule has 2 aromatic rings. The van der Waals surface area contributed by atoms with Crippen molar-refractivity contribution in [3.63, 3.8) is 0 Å². The maximum atomic E-state index is 11.0. The first-order valence-electron chi connectivity index (χ1n) is 12.7. The second-order valence-electron chi connectivity index (χ2n) is 10.0. The first-order valence-corrected chi connectivity index (χ1v) is 12.7. The minimum Gasteiger partial charge on any atom is -0.504 e. The topological polar surface area (TPSA) is 63.2 Å². The normalized spacial score (nSPS) is 26.2. The van der Waals surface area contributed by atoms with Gasteiger partial charge in [-0.15, -0.1) is 0 Å². The Kier molecular flexibility index (Phi) is 6.63. The molecule has 0 radical (unpaired) electrons. The number of phenolic OH excluding ortho intramolecular Hbond substituents is 1. The first-order chi connectivity index (χ1) is 16.6. The first kappa shape index (κ1) is 23.3. The molecule has 0 saturated carbocycles. The Bertz CT molecular complexity index is 1040. The van der Waals surface area contributed by atoms with Gasteiger partial charge in [0.05, 0.1) is 21.3 Å². The lowest BCUT2D eigenvalue weighted by atomic mass is 9.72. The predicted octanol–water partition coefficient (Wildman–Crippen LogP) is 4.64. The lowest BCUT2D eigenvalue weighted by Crippen LogP contribution is -2.46. The van der Waals surface area contributed by atoms with Gasteiger partial charge in [0.25, 0.3) is 0 Å². The molecule has 0 spiro atoms. The van der Waals surface area contributed by atoms with Crippen molar-refractivity contribution < 1.29 is 19.3 Å². The van der Waals surface area contributed by atoms with Gasteiger partial charge in [-0.1, -0.05) is 19.4 Å². The molecule has 6 heteroatoms. The summed E-state index contributed by atoms with van der Waals surface area (Å²) < 4.78 is 16.7. The largest absolute Gasteiger partial charge is 0.504 e. The molecule has 0 amide bonds. The van der Waals surface area contributed by atoms with E-state index in [4.69, 9.17) is 14.2 Å². The number of piperidine rings is 1. The van der Waals surface area contributed by atoms with E-state index < -0.39 is 0 Å². The van der Waals surface area contributed by atoms with Crippen LogP contribution in [0.2, 0.25) is 0 Å². The highest BCUT2D eigenvalue weighted by atomic mass is 16.5. The van der Waals surface area contributed by atoms with E-state index in [0.29, 0.717) is 29.4 Å². The zero-order chi connectivity index (χ0) is 23.8. The summed E-state index contributed by atoms with van der Waals surface area (Å²) in [7, 11) is 5.05. The van der Waals surface area contributed by atoms with E-state index in [2.05, 4.69) is 35.3 Å².